The number of aliphatic carboxylic acids is 2. The Kier molecular flexibility index (Phi) is 8.17. The summed E-state index contributed by atoms with van der Waals surface area (Å²) < 4.78 is 0. The van der Waals surface area contributed by atoms with Crippen molar-refractivity contribution in [2.45, 2.75) is 44.2 Å². The lowest BCUT2D eigenvalue weighted by Crippen LogP contribution is -2.47. The van der Waals surface area contributed by atoms with Crippen LogP contribution in [0, 0.1) is 0 Å². The van der Waals surface area contributed by atoms with Crippen molar-refractivity contribution in [3.8, 4) is 0 Å². The molecule has 0 aliphatic carbocycles. The minimum absolute atomic E-state index is 0.347. The number of nitrogens with two attached hydrogens (primary N) is 1. The molecular weight excluding hydrogens is 284 g/mol. The van der Waals surface area contributed by atoms with Crippen molar-refractivity contribution >= 4 is 11.9 Å². The van der Waals surface area contributed by atoms with Crippen molar-refractivity contribution in [3.63, 3.8) is 0 Å². The van der Waals surface area contributed by atoms with Crippen molar-refractivity contribution < 1.29 is 19.8 Å². The largest absolute Gasteiger partial charge is 0.480 e. The van der Waals surface area contributed by atoms with Gasteiger partial charge in [0.25, 0.3) is 0 Å². The van der Waals surface area contributed by atoms with Gasteiger partial charge in [-0.2, -0.15) is 0 Å². The molecule has 6 heteroatoms. The van der Waals surface area contributed by atoms with E-state index < -0.39 is 24.0 Å². The summed E-state index contributed by atoms with van der Waals surface area (Å²) in [4.78, 5) is 22.6. The lowest BCUT2D eigenvalue weighted by molar-refractivity contribution is -0.142. The second kappa shape index (κ2) is 9.92. The topological polar surface area (TPSA) is 113 Å². The Balaban J connectivity index is 2.57. The molecule has 0 spiro atoms. The van der Waals surface area contributed by atoms with E-state index in [9.17, 15) is 19.8 Å². The molecule has 0 aromatic heterocycles. The van der Waals surface area contributed by atoms with E-state index >= 15 is 0 Å². The molecule has 0 aliphatic heterocycles. The molecule has 1 aromatic rings. The van der Waals surface area contributed by atoms with Gasteiger partial charge in [-0.15, -0.1) is 0 Å². The Hall–Kier alpha value is -1.92. The number of aryl methyl sites for hydroxylation is 1. The first-order valence-corrected chi connectivity index (χ1v) is 7.50. The fraction of sp³-hybridized carbons (Fsp3) is 0.500. The number of unbranched alkanes of at least 4 members (excludes halogenated alkanes) is 1. The number of rotatable bonds is 11. The highest BCUT2D eigenvalue weighted by Gasteiger charge is 2.25. The number of nitrogens with one attached hydrogen (secondary N) is 1. The molecule has 6 nitrogen and oxygen atoms in total. The van der Waals surface area contributed by atoms with Gasteiger partial charge in [-0.1, -0.05) is 36.8 Å². The second-order valence-electron chi connectivity index (χ2n) is 5.26. The first-order chi connectivity index (χ1) is 10.5. The minimum atomic E-state index is -1.03. The maximum atomic E-state index is 11.3. The van der Waals surface area contributed by atoms with Crippen LogP contribution in [0.2, 0.25) is 0 Å². The SMILES string of the molecule is NCCCCC(NC(CCc1ccccc1)C(=O)O)C(=O)O. The Labute approximate surface area is 130 Å². The smallest absolute Gasteiger partial charge is 0.320 e. The van der Waals surface area contributed by atoms with Gasteiger partial charge in [0, 0.05) is 0 Å². The molecule has 0 heterocycles. The maximum Gasteiger partial charge on any atom is 0.320 e. The highest BCUT2D eigenvalue weighted by Crippen LogP contribution is 2.08. The van der Waals surface area contributed by atoms with Gasteiger partial charge in [-0.25, -0.2) is 0 Å². The number of carboxylic acid groups (broad SMARTS) is 2. The molecule has 2 atom stereocenters. The molecule has 0 bridgehead atoms. The Morgan fingerprint density at radius 3 is 2.14 bits per heavy atom. The molecule has 122 valence electrons. The average Bonchev–Trinajstić information content (AvgIpc) is 2.50. The Bertz CT molecular complexity index is 464. The van der Waals surface area contributed by atoms with Crippen LogP contribution in [0.4, 0.5) is 0 Å². The molecule has 0 fully saturated rings. The van der Waals surface area contributed by atoms with Crippen molar-refractivity contribution in [3.05, 3.63) is 35.9 Å². The zero-order chi connectivity index (χ0) is 16.4. The van der Waals surface area contributed by atoms with Gasteiger partial charge in [0.05, 0.1) is 0 Å². The normalized spacial score (nSPS) is 13.5. The predicted octanol–water partition coefficient (Wildman–Crippen LogP) is 1.24. The summed E-state index contributed by atoms with van der Waals surface area (Å²) in [5.41, 5.74) is 6.42. The van der Waals surface area contributed by atoms with Crippen molar-refractivity contribution in [1.82, 2.24) is 5.32 Å². The van der Waals surface area contributed by atoms with Crippen LogP contribution in [0.3, 0.4) is 0 Å². The minimum Gasteiger partial charge on any atom is -0.480 e. The van der Waals surface area contributed by atoms with Crippen LogP contribution < -0.4 is 11.1 Å². The summed E-state index contributed by atoms with van der Waals surface area (Å²) in [6, 6.07) is 7.80. The molecule has 1 aromatic carbocycles. The van der Waals surface area contributed by atoms with Crippen LogP contribution in [0.15, 0.2) is 30.3 Å². The fourth-order valence-electron chi connectivity index (χ4n) is 2.25. The third kappa shape index (κ3) is 6.69. The van der Waals surface area contributed by atoms with E-state index in [1.807, 2.05) is 30.3 Å². The first kappa shape index (κ1) is 18.1. The molecule has 0 aliphatic rings. The lowest BCUT2D eigenvalue weighted by atomic mass is 10.0. The number of hydrogen-bond donors (Lipinski definition) is 4. The van der Waals surface area contributed by atoms with Gasteiger partial charge in [-0.05, 0) is 37.8 Å². The number of benzene rings is 1. The summed E-state index contributed by atoms with van der Waals surface area (Å²) in [6.07, 6.45) is 2.69. The van der Waals surface area contributed by atoms with Crippen LogP contribution >= 0.6 is 0 Å². The summed E-state index contributed by atoms with van der Waals surface area (Å²) in [7, 11) is 0. The van der Waals surface area contributed by atoms with Gasteiger partial charge in [0.15, 0.2) is 0 Å². The number of carboxylic acids is 2. The van der Waals surface area contributed by atoms with E-state index in [4.69, 9.17) is 5.73 Å². The number of hydrogen-bond acceptors (Lipinski definition) is 4. The Morgan fingerprint density at radius 2 is 1.59 bits per heavy atom. The average molecular weight is 308 g/mol. The van der Waals surface area contributed by atoms with E-state index in [0.29, 0.717) is 32.2 Å². The molecule has 2 unspecified atom stereocenters. The van der Waals surface area contributed by atoms with Gasteiger partial charge in [0.2, 0.25) is 0 Å². The van der Waals surface area contributed by atoms with E-state index in [1.54, 1.807) is 0 Å². The van der Waals surface area contributed by atoms with E-state index in [0.717, 1.165) is 12.0 Å². The van der Waals surface area contributed by atoms with Gasteiger partial charge < -0.3 is 15.9 Å². The van der Waals surface area contributed by atoms with Gasteiger partial charge >= 0.3 is 11.9 Å². The van der Waals surface area contributed by atoms with Gasteiger partial charge in [-0.3, -0.25) is 14.9 Å². The standard InChI is InChI=1S/C16H24N2O4/c17-11-5-4-8-13(15(19)20)18-14(16(21)22)10-9-12-6-2-1-3-7-12/h1-3,6-7,13-14,18H,4-5,8-11,17H2,(H,19,20)(H,21,22). The van der Waals surface area contributed by atoms with Gasteiger partial charge in [0.1, 0.15) is 12.1 Å². The van der Waals surface area contributed by atoms with Crippen molar-refractivity contribution in [1.29, 1.82) is 0 Å². The second-order valence-corrected chi connectivity index (χ2v) is 5.26. The molecule has 1 rings (SSSR count). The van der Waals surface area contributed by atoms with Crippen molar-refractivity contribution in [2.75, 3.05) is 6.54 Å². The van der Waals surface area contributed by atoms with Crippen LogP contribution in [0.5, 0.6) is 0 Å². The Morgan fingerprint density at radius 1 is 1.00 bits per heavy atom. The molecule has 22 heavy (non-hydrogen) atoms. The summed E-state index contributed by atoms with van der Waals surface area (Å²) in [5, 5.41) is 21.2. The monoisotopic (exact) mass is 308 g/mol. The maximum absolute atomic E-state index is 11.3. The quantitative estimate of drug-likeness (QED) is 0.458. The summed E-state index contributed by atoms with van der Waals surface area (Å²) >= 11 is 0. The zero-order valence-electron chi connectivity index (χ0n) is 12.6. The molecule has 0 saturated carbocycles. The predicted molar refractivity (Wildman–Crippen MR) is 83.7 cm³/mol. The van der Waals surface area contributed by atoms with Crippen LogP contribution in [0.1, 0.15) is 31.2 Å². The number of carbonyl (C=O) groups is 2. The molecule has 5 N–H and O–H groups in total. The third-order valence-corrected chi connectivity index (χ3v) is 3.51. The third-order valence-electron chi connectivity index (χ3n) is 3.51. The highest BCUT2D eigenvalue weighted by molar-refractivity contribution is 5.77. The van der Waals surface area contributed by atoms with E-state index in [1.165, 1.54) is 0 Å². The van der Waals surface area contributed by atoms with E-state index in [2.05, 4.69) is 5.32 Å². The van der Waals surface area contributed by atoms with Crippen molar-refractivity contribution in [2.24, 2.45) is 5.73 Å². The molecular formula is C16H24N2O4. The highest BCUT2D eigenvalue weighted by atomic mass is 16.4. The lowest BCUT2D eigenvalue weighted by Gasteiger charge is -2.20. The van der Waals surface area contributed by atoms with Crippen LogP contribution in [-0.4, -0.2) is 40.8 Å². The van der Waals surface area contributed by atoms with Crippen LogP contribution in [0.25, 0.3) is 0 Å². The fourth-order valence-corrected chi connectivity index (χ4v) is 2.25. The summed E-state index contributed by atoms with van der Waals surface area (Å²) in [5.74, 6) is -2.05. The molecule has 0 radical (unpaired) electrons. The molecule has 0 amide bonds. The van der Waals surface area contributed by atoms with E-state index in [-0.39, 0.29) is 0 Å². The first-order valence-electron chi connectivity index (χ1n) is 7.50. The summed E-state index contributed by atoms with van der Waals surface area (Å²) in [6.45, 7) is 0.503. The van der Waals surface area contributed by atoms with Crippen LogP contribution in [-0.2, 0) is 16.0 Å². The zero-order valence-corrected chi connectivity index (χ0v) is 12.6. The molecule has 0 saturated heterocycles.